The predicted octanol–water partition coefficient (Wildman–Crippen LogP) is 4.85. The van der Waals surface area contributed by atoms with Gasteiger partial charge in [0.2, 0.25) is 15.9 Å². The van der Waals surface area contributed by atoms with E-state index in [0.29, 0.717) is 60.6 Å². The van der Waals surface area contributed by atoms with Gasteiger partial charge in [0.25, 0.3) is 0 Å². The third-order valence-corrected chi connectivity index (χ3v) is 8.32. The van der Waals surface area contributed by atoms with Crippen molar-refractivity contribution >= 4 is 39.1 Å². The van der Waals surface area contributed by atoms with E-state index in [1.165, 1.54) is 4.31 Å². The summed E-state index contributed by atoms with van der Waals surface area (Å²) >= 11 is 12.3. The Labute approximate surface area is 206 Å². The van der Waals surface area contributed by atoms with Crippen LogP contribution in [0.1, 0.15) is 43.7 Å². The van der Waals surface area contributed by atoms with Crippen molar-refractivity contribution in [2.24, 2.45) is 5.92 Å². The van der Waals surface area contributed by atoms with Crippen molar-refractivity contribution in [1.82, 2.24) is 9.62 Å². The zero-order chi connectivity index (χ0) is 24.0. The molecule has 3 rings (SSSR count). The summed E-state index contributed by atoms with van der Waals surface area (Å²) < 4.78 is 33.0. The Bertz CT molecular complexity index is 1050. The fourth-order valence-electron chi connectivity index (χ4n) is 3.91. The van der Waals surface area contributed by atoms with Crippen molar-refractivity contribution in [3.8, 4) is 5.75 Å². The van der Waals surface area contributed by atoms with Crippen LogP contribution in [-0.4, -0.2) is 44.9 Å². The SMILES string of the molecule is CC(C)c1ccccc1OCCNC(=O)C1CCN(S(=O)(=O)Cc2c(Cl)cccc2Cl)CC1. The average Bonchev–Trinajstić information content (AvgIpc) is 2.79. The van der Waals surface area contributed by atoms with E-state index in [2.05, 4.69) is 19.2 Å². The fourth-order valence-corrected chi connectivity index (χ4v) is 6.22. The zero-order valence-electron chi connectivity index (χ0n) is 18.9. The number of carbonyl (C=O) groups is 1. The topological polar surface area (TPSA) is 75.7 Å². The molecule has 2 aromatic carbocycles. The van der Waals surface area contributed by atoms with Crippen LogP contribution < -0.4 is 10.1 Å². The third-order valence-electron chi connectivity index (χ3n) is 5.81. The van der Waals surface area contributed by atoms with Crippen molar-refractivity contribution in [3.63, 3.8) is 0 Å². The molecule has 180 valence electrons. The second kappa shape index (κ2) is 11.6. The number of rotatable bonds is 9. The molecule has 33 heavy (non-hydrogen) atoms. The number of hydrogen-bond acceptors (Lipinski definition) is 4. The van der Waals surface area contributed by atoms with Gasteiger partial charge in [-0.25, -0.2) is 12.7 Å². The van der Waals surface area contributed by atoms with Crippen molar-refractivity contribution < 1.29 is 17.9 Å². The molecule has 1 aliphatic rings. The van der Waals surface area contributed by atoms with Crippen molar-refractivity contribution in [3.05, 3.63) is 63.6 Å². The molecule has 1 saturated heterocycles. The number of amides is 1. The minimum atomic E-state index is -3.58. The van der Waals surface area contributed by atoms with E-state index in [0.717, 1.165) is 11.3 Å². The van der Waals surface area contributed by atoms with Crippen molar-refractivity contribution in [2.75, 3.05) is 26.2 Å². The van der Waals surface area contributed by atoms with Crippen LogP contribution in [0, 0.1) is 5.92 Å². The first-order valence-corrected chi connectivity index (χ1v) is 13.5. The van der Waals surface area contributed by atoms with Gasteiger partial charge in [0, 0.05) is 34.6 Å². The highest BCUT2D eigenvalue weighted by atomic mass is 35.5. The first-order chi connectivity index (χ1) is 15.7. The average molecular weight is 513 g/mol. The fraction of sp³-hybridized carbons (Fsp3) is 0.458. The van der Waals surface area contributed by atoms with Crippen LogP contribution in [0.25, 0.3) is 0 Å². The molecule has 1 N–H and O–H groups in total. The number of ether oxygens (including phenoxy) is 1. The molecule has 0 unspecified atom stereocenters. The number of carbonyl (C=O) groups excluding carboxylic acids is 1. The number of sulfonamides is 1. The van der Waals surface area contributed by atoms with Gasteiger partial charge in [0.15, 0.2) is 0 Å². The molecule has 0 bridgehead atoms. The molecule has 0 aliphatic carbocycles. The van der Waals surface area contributed by atoms with Crippen LogP contribution in [0.5, 0.6) is 5.75 Å². The highest BCUT2D eigenvalue weighted by Gasteiger charge is 2.31. The van der Waals surface area contributed by atoms with E-state index < -0.39 is 10.0 Å². The number of halogens is 2. The van der Waals surface area contributed by atoms with Gasteiger partial charge in [0.1, 0.15) is 12.4 Å². The first-order valence-electron chi connectivity index (χ1n) is 11.1. The summed E-state index contributed by atoms with van der Waals surface area (Å²) in [7, 11) is -3.58. The van der Waals surface area contributed by atoms with Crippen LogP contribution >= 0.6 is 23.2 Å². The molecule has 6 nitrogen and oxygen atoms in total. The molecular formula is C24H30Cl2N2O4S. The Hall–Kier alpha value is -1.80. The Morgan fingerprint density at radius 1 is 1.09 bits per heavy atom. The van der Waals surface area contributed by atoms with Gasteiger partial charge < -0.3 is 10.1 Å². The normalized spacial score (nSPS) is 15.5. The maximum atomic E-state index is 12.8. The lowest BCUT2D eigenvalue weighted by molar-refractivity contribution is -0.126. The second-order valence-corrected chi connectivity index (χ2v) is 11.2. The molecule has 0 atom stereocenters. The van der Waals surface area contributed by atoms with Crippen LogP contribution in [0.15, 0.2) is 42.5 Å². The monoisotopic (exact) mass is 512 g/mol. The van der Waals surface area contributed by atoms with E-state index in [1.54, 1.807) is 18.2 Å². The molecule has 1 aliphatic heterocycles. The number of benzene rings is 2. The molecule has 1 amide bonds. The van der Waals surface area contributed by atoms with E-state index in [-0.39, 0.29) is 17.6 Å². The van der Waals surface area contributed by atoms with Gasteiger partial charge in [-0.3, -0.25) is 4.79 Å². The van der Waals surface area contributed by atoms with Gasteiger partial charge in [-0.2, -0.15) is 0 Å². The summed E-state index contributed by atoms with van der Waals surface area (Å²) in [6, 6.07) is 12.8. The minimum Gasteiger partial charge on any atom is -0.491 e. The van der Waals surface area contributed by atoms with Crippen molar-refractivity contribution in [1.29, 1.82) is 0 Å². The lowest BCUT2D eigenvalue weighted by Gasteiger charge is -2.30. The van der Waals surface area contributed by atoms with Crippen LogP contribution in [0.2, 0.25) is 10.0 Å². The molecule has 0 radical (unpaired) electrons. The summed E-state index contributed by atoms with van der Waals surface area (Å²) in [4.78, 5) is 12.6. The standard InChI is InChI=1S/C24H30Cl2N2O4S/c1-17(2)19-6-3-4-9-23(19)32-15-12-27-24(29)18-10-13-28(14-11-18)33(30,31)16-20-21(25)7-5-8-22(20)26/h3-9,17-18H,10-16H2,1-2H3,(H,27,29). The molecule has 1 fully saturated rings. The van der Waals surface area contributed by atoms with E-state index >= 15 is 0 Å². The second-order valence-electron chi connectivity index (χ2n) is 8.46. The quantitative estimate of drug-likeness (QED) is 0.487. The largest absolute Gasteiger partial charge is 0.491 e. The highest BCUT2D eigenvalue weighted by molar-refractivity contribution is 7.88. The van der Waals surface area contributed by atoms with Gasteiger partial charge in [-0.15, -0.1) is 0 Å². The molecule has 1 heterocycles. The highest BCUT2D eigenvalue weighted by Crippen LogP contribution is 2.29. The molecule has 2 aromatic rings. The Kier molecular flexibility index (Phi) is 9.04. The molecule has 0 saturated carbocycles. The number of piperidine rings is 1. The van der Waals surface area contributed by atoms with Gasteiger partial charge >= 0.3 is 0 Å². The summed E-state index contributed by atoms with van der Waals surface area (Å²) in [6.45, 7) is 5.58. The Balaban J connectivity index is 1.45. The first kappa shape index (κ1) is 25.8. The third kappa shape index (κ3) is 6.85. The van der Waals surface area contributed by atoms with Crippen LogP contribution in [0.4, 0.5) is 0 Å². The van der Waals surface area contributed by atoms with Gasteiger partial charge in [-0.1, -0.05) is 61.3 Å². The predicted molar refractivity (Wildman–Crippen MR) is 132 cm³/mol. The number of hydrogen-bond donors (Lipinski definition) is 1. The summed E-state index contributed by atoms with van der Waals surface area (Å²) in [6.07, 6.45) is 0.941. The van der Waals surface area contributed by atoms with Gasteiger partial charge in [-0.05, 0) is 42.5 Å². The summed E-state index contributed by atoms with van der Waals surface area (Å²) in [5, 5.41) is 3.58. The Morgan fingerprint density at radius 2 is 1.73 bits per heavy atom. The molecule has 9 heteroatoms. The lowest BCUT2D eigenvalue weighted by atomic mass is 9.97. The lowest BCUT2D eigenvalue weighted by Crippen LogP contribution is -2.44. The molecule has 0 spiro atoms. The Morgan fingerprint density at radius 3 is 2.36 bits per heavy atom. The van der Waals surface area contributed by atoms with Crippen molar-refractivity contribution in [2.45, 2.75) is 38.4 Å². The number of para-hydroxylation sites is 1. The van der Waals surface area contributed by atoms with Crippen LogP contribution in [0.3, 0.4) is 0 Å². The minimum absolute atomic E-state index is 0.0676. The zero-order valence-corrected chi connectivity index (χ0v) is 21.2. The van der Waals surface area contributed by atoms with Gasteiger partial charge in [0.05, 0.1) is 12.3 Å². The number of nitrogens with one attached hydrogen (secondary N) is 1. The molecule has 0 aromatic heterocycles. The van der Waals surface area contributed by atoms with E-state index in [1.807, 2.05) is 24.3 Å². The smallest absolute Gasteiger partial charge is 0.223 e. The summed E-state index contributed by atoms with van der Waals surface area (Å²) in [5.41, 5.74) is 1.54. The molecular weight excluding hydrogens is 483 g/mol. The van der Waals surface area contributed by atoms with E-state index in [4.69, 9.17) is 27.9 Å². The maximum Gasteiger partial charge on any atom is 0.223 e. The van der Waals surface area contributed by atoms with E-state index in [9.17, 15) is 13.2 Å². The summed E-state index contributed by atoms with van der Waals surface area (Å²) in [5.74, 6) is 0.646. The van der Waals surface area contributed by atoms with Crippen LogP contribution in [-0.2, 0) is 20.6 Å². The number of nitrogens with zero attached hydrogens (tertiary/aromatic N) is 1. The maximum absolute atomic E-state index is 12.8.